The normalized spacial score (nSPS) is 13.5. The second-order valence-corrected chi connectivity index (χ2v) is 5.29. The Morgan fingerprint density at radius 3 is 3.08 bits per heavy atom. The monoisotopic (exact) mass is 223 g/mol. The van der Waals surface area contributed by atoms with Gasteiger partial charge in [-0.2, -0.15) is 0 Å². The van der Waals surface area contributed by atoms with E-state index in [1.54, 1.807) is 23.0 Å². The molecule has 0 spiro atoms. The third kappa shape index (κ3) is 3.73. The molecular weight excluding hydrogens is 209 g/mol. The van der Waals surface area contributed by atoms with Crippen LogP contribution >= 0.6 is 0 Å². The van der Waals surface area contributed by atoms with Crippen LogP contribution in [0.1, 0.15) is 18.9 Å². The van der Waals surface area contributed by atoms with Crippen LogP contribution in [0.5, 0.6) is 0 Å². The van der Waals surface area contributed by atoms with E-state index in [2.05, 4.69) is 30.1 Å². The molecule has 0 aliphatic heterocycles. The second-order valence-electron chi connectivity index (χ2n) is 2.90. The van der Waals surface area contributed by atoms with Crippen LogP contribution in [0.2, 0.25) is 4.71 Å². The minimum absolute atomic E-state index is 0.797. The van der Waals surface area contributed by atoms with Gasteiger partial charge in [-0.25, -0.2) is 0 Å². The molecule has 2 heteroatoms. The van der Waals surface area contributed by atoms with Crippen molar-refractivity contribution in [1.29, 1.82) is 0 Å². The van der Waals surface area contributed by atoms with Crippen LogP contribution < -0.4 is 0 Å². The zero-order valence-corrected chi connectivity index (χ0v) is 9.70. The van der Waals surface area contributed by atoms with E-state index in [1.807, 2.05) is 12.3 Å². The van der Waals surface area contributed by atoms with Crippen LogP contribution in [-0.2, 0) is 0 Å². The Kier molecular flexibility index (Phi) is 4.10. The van der Waals surface area contributed by atoms with Gasteiger partial charge in [-0.3, -0.25) is 0 Å². The molecule has 64 valence electrons. The molecule has 0 fully saturated rings. The van der Waals surface area contributed by atoms with Crippen LogP contribution in [0.15, 0.2) is 30.6 Å². The molecule has 0 aromatic carbocycles. The summed E-state index contributed by atoms with van der Waals surface area (Å²) < 4.78 is 0.797. The van der Waals surface area contributed by atoms with Gasteiger partial charge in [0.25, 0.3) is 0 Å². The van der Waals surface area contributed by atoms with Crippen LogP contribution in [0.4, 0.5) is 0 Å². The van der Waals surface area contributed by atoms with Crippen LogP contribution in [0.25, 0.3) is 6.08 Å². The van der Waals surface area contributed by atoms with E-state index in [4.69, 9.17) is 0 Å². The van der Waals surface area contributed by atoms with E-state index in [0.29, 0.717) is 0 Å². The molecule has 2 unspecified atom stereocenters. The van der Waals surface area contributed by atoms with Crippen molar-refractivity contribution >= 4 is 22.9 Å². The fourth-order valence-electron chi connectivity index (χ4n) is 0.893. The number of aromatic nitrogens is 1. The predicted octanol–water partition coefficient (Wildman–Crippen LogP) is 1.93. The maximum absolute atomic E-state index is 4.04. The van der Waals surface area contributed by atoms with E-state index in [9.17, 15) is 0 Å². The molecule has 0 radical (unpaired) electrons. The van der Waals surface area contributed by atoms with Crippen molar-refractivity contribution in [3.8, 4) is 0 Å². The summed E-state index contributed by atoms with van der Waals surface area (Å²) in [5.41, 5.74) is 1.19. The standard InChI is InChI=1S/C10H14AsN/c1-9(11)4-2-5-10-6-3-7-12-8-10/h2-3,5-9H,4,11H2,1H3/b5-2-. The van der Waals surface area contributed by atoms with Gasteiger partial charge >= 0.3 is 82.1 Å². The Morgan fingerprint density at radius 1 is 1.67 bits per heavy atom. The van der Waals surface area contributed by atoms with Crippen molar-refractivity contribution in [2.24, 2.45) is 0 Å². The maximum atomic E-state index is 4.04. The first-order valence-electron chi connectivity index (χ1n) is 4.11. The second kappa shape index (κ2) is 5.16. The summed E-state index contributed by atoms with van der Waals surface area (Å²) in [6.45, 7) is 2.24. The third-order valence-corrected chi connectivity index (χ3v) is 2.07. The molecule has 0 saturated heterocycles. The van der Waals surface area contributed by atoms with Crippen LogP contribution in [-0.4, -0.2) is 21.8 Å². The summed E-state index contributed by atoms with van der Waals surface area (Å²) in [5, 5.41) is 0. The van der Waals surface area contributed by atoms with Crippen molar-refractivity contribution in [3.05, 3.63) is 36.2 Å². The van der Waals surface area contributed by atoms with Gasteiger partial charge < -0.3 is 0 Å². The number of hydrogen-bond acceptors (Lipinski definition) is 1. The molecular formula is C10H14AsN. The topological polar surface area (TPSA) is 12.9 Å². The van der Waals surface area contributed by atoms with Gasteiger partial charge in [0.1, 0.15) is 0 Å². The fraction of sp³-hybridized carbons (Fsp3) is 0.300. The molecule has 1 nitrogen and oxygen atoms in total. The van der Waals surface area contributed by atoms with E-state index >= 15 is 0 Å². The molecule has 0 aliphatic rings. The first-order chi connectivity index (χ1) is 5.79. The number of rotatable bonds is 3. The summed E-state index contributed by atoms with van der Waals surface area (Å²) in [6, 6.07) is 4.02. The van der Waals surface area contributed by atoms with Crippen molar-refractivity contribution in [2.75, 3.05) is 0 Å². The number of hydrogen-bond donors (Lipinski definition) is 0. The van der Waals surface area contributed by atoms with E-state index in [-0.39, 0.29) is 0 Å². The average Bonchev–Trinajstić information content (AvgIpc) is 2.05. The molecule has 0 saturated carbocycles. The molecule has 1 rings (SSSR count). The molecule has 12 heavy (non-hydrogen) atoms. The molecule has 0 bridgehead atoms. The summed E-state index contributed by atoms with van der Waals surface area (Å²) in [4.78, 5) is 4.04. The number of pyridine rings is 1. The Hall–Kier alpha value is -0.552. The van der Waals surface area contributed by atoms with Crippen molar-refractivity contribution in [3.63, 3.8) is 0 Å². The Bertz CT molecular complexity index is 241. The summed E-state index contributed by atoms with van der Waals surface area (Å²) in [5.74, 6) is 0. The van der Waals surface area contributed by atoms with Gasteiger partial charge in [-0.05, 0) is 0 Å². The van der Waals surface area contributed by atoms with Gasteiger partial charge in [0.05, 0.1) is 0 Å². The average molecular weight is 223 g/mol. The van der Waals surface area contributed by atoms with Crippen LogP contribution in [0.3, 0.4) is 0 Å². The SMILES string of the molecule is CC([AsH2])C/C=C\c1cccnc1. The zero-order chi connectivity index (χ0) is 8.81. The Balaban J connectivity index is 2.47. The molecule has 0 N–H and O–H groups in total. The molecule has 1 aromatic heterocycles. The Labute approximate surface area is 82.4 Å². The van der Waals surface area contributed by atoms with Gasteiger partial charge in [-0.1, -0.05) is 0 Å². The fourth-order valence-corrected chi connectivity index (χ4v) is 1.22. The summed E-state index contributed by atoms with van der Waals surface area (Å²) in [7, 11) is 0. The van der Waals surface area contributed by atoms with E-state index in [0.717, 1.165) is 11.1 Å². The first-order valence-corrected chi connectivity index (χ1v) is 5.51. The summed E-state index contributed by atoms with van der Waals surface area (Å²) >= 11 is 1.79. The number of nitrogens with zero attached hydrogens (tertiary/aromatic N) is 1. The molecule has 1 heterocycles. The Morgan fingerprint density at radius 2 is 2.50 bits per heavy atom. The van der Waals surface area contributed by atoms with Crippen molar-refractivity contribution in [2.45, 2.75) is 18.1 Å². The van der Waals surface area contributed by atoms with Gasteiger partial charge in [-0.15, -0.1) is 0 Å². The minimum atomic E-state index is 0.797. The first kappa shape index (κ1) is 9.54. The zero-order valence-electron chi connectivity index (χ0n) is 7.27. The number of allylic oxidation sites excluding steroid dienone is 1. The van der Waals surface area contributed by atoms with E-state index in [1.165, 1.54) is 5.56 Å². The molecule has 0 aliphatic carbocycles. The summed E-state index contributed by atoms with van der Waals surface area (Å²) in [6.07, 6.45) is 9.17. The van der Waals surface area contributed by atoms with Crippen LogP contribution in [0, 0.1) is 0 Å². The molecule has 0 amide bonds. The van der Waals surface area contributed by atoms with Crippen molar-refractivity contribution in [1.82, 2.24) is 4.98 Å². The van der Waals surface area contributed by atoms with Gasteiger partial charge in [0, 0.05) is 0 Å². The molecule has 1 aromatic rings. The van der Waals surface area contributed by atoms with Gasteiger partial charge in [0.15, 0.2) is 0 Å². The van der Waals surface area contributed by atoms with Gasteiger partial charge in [0.2, 0.25) is 0 Å². The van der Waals surface area contributed by atoms with E-state index < -0.39 is 0 Å². The third-order valence-electron chi connectivity index (χ3n) is 1.50. The molecule has 2 atom stereocenters. The predicted molar refractivity (Wildman–Crippen MR) is 55.9 cm³/mol. The van der Waals surface area contributed by atoms with Crippen molar-refractivity contribution < 1.29 is 0 Å². The quantitative estimate of drug-likeness (QED) is 0.713.